The first-order chi connectivity index (χ1) is 13.2. The lowest BCUT2D eigenvalue weighted by atomic mass is 9.49. The highest BCUT2D eigenvalue weighted by Gasteiger charge is 2.55. The number of carbonyl (C=O) groups is 1. The zero-order valence-corrected chi connectivity index (χ0v) is 16.1. The van der Waals surface area contributed by atoms with Gasteiger partial charge in [-0.05, 0) is 61.8 Å². The van der Waals surface area contributed by atoms with Crippen LogP contribution in [0.25, 0.3) is 0 Å². The Morgan fingerprint density at radius 2 is 1.74 bits per heavy atom. The van der Waals surface area contributed by atoms with E-state index in [1.807, 2.05) is 0 Å². The molecule has 4 heteroatoms. The molecule has 0 spiro atoms. The third-order valence-electron chi connectivity index (χ3n) is 7.34. The number of ether oxygens (including phenoxy) is 2. The first kappa shape index (κ1) is 17.7. The molecule has 1 saturated heterocycles. The fourth-order valence-electron chi connectivity index (χ4n) is 6.55. The largest absolute Gasteiger partial charge is 0.462 e. The fraction of sp³-hybridized carbons (Fsp3) is 0.696. The van der Waals surface area contributed by atoms with Gasteiger partial charge in [0.05, 0.1) is 12.0 Å². The van der Waals surface area contributed by atoms with E-state index in [-0.39, 0.29) is 17.5 Å². The van der Waals surface area contributed by atoms with E-state index >= 15 is 0 Å². The Bertz CT molecular complexity index is 638. The fourth-order valence-corrected chi connectivity index (χ4v) is 6.55. The molecule has 1 aliphatic heterocycles. The van der Waals surface area contributed by atoms with Gasteiger partial charge in [-0.2, -0.15) is 0 Å². The molecule has 4 aliphatic carbocycles. The number of hydrogen-bond donors (Lipinski definition) is 0. The number of morpholine rings is 1. The summed E-state index contributed by atoms with van der Waals surface area (Å²) in [6, 6.07) is 10.5. The summed E-state index contributed by atoms with van der Waals surface area (Å²) in [5, 5.41) is 0. The van der Waals surface area contributed by atoms with Gasteiger partial charge in [0.15, 0.2) is 0 Å². The minimum atomic E-state index is -0.160. The minimum absolute atomic E-state index is 0.000301. The van der Waals surface area contributed by atoms with E-state index in [4.69, 9.17) is 9.47 Å². The molecule has 0 N–H and O–H groups in total. The van der Waals surface area contributed by atoms with Crippen LogP contribution in [0.4, 0.5) is 0 Å². The second kappa shape index (κ2) is 7.21. The summed E-state index contributed by atoms with van der Waals surface area (Å²) in [7, 11) is 0. The average molecular weight is 370 g/mol. The van der Waals surface area contributed by atoms with Gasteiger partial charge in [0.2, 0.25) is 0 Å². The monoisotopic (exact) mass is 369 g/mol. The Hall–Kier alpha value is -1.39. The minimum Gasteiger partial charge on any atom is -0.462 e. The van der Waals surface area contributed by atoms with Gasteiger partial charge in [-0.25, -0.2) is 0 Å². The molecular weight excluding hydrogens is 338 g/mol. The van der Waals surface area contributed by atoms with Crippen molar-refractivity contribution in [3.8, 4) is 0 Å². The Kier molecular flexibility index (Phi) is 4.73. The van der Waals surface area contributed by atoms with Gasteiger partial charge in [-0.15, -0.1) is 0 Å². The number of esters is 1. The molecule has 1 aromatic rings. The maximum absolute atomic E-state index is 13.0. The van der Waals surface area contributed by atoms with Gasteiger partial charge in [0.25, 0.3) is 0 Å². The van der Waals surface area contributed by atoms with Crippen molar-refractivity contribution in [2.75, 3.05) is 26.3 Å². The average Bonchev–Trinajstić information content (AvgIpc) is 2.66. The van der Waals surface area contributed by atoms with E-state index in [0.29, 0.717) is 13.2 Å². The molecule has 27 heavy (non-hydrogen) atoms. The normalized spacial score (nSPS) is 38.1. The highest BCUT2D eigenvalue weighted by Crippen LogP contribution is 2.60. The number of nitrogens with zero attached hydrogens (tertiary/aromatic N) is 1. The summed E-state index contributed by atoms with van der Waals surface area (Å²) in [6.07, 6.45) is 7.28. The maximum Gasteiger partial charge on any atom is 0.312 e. The van der Waals surface area contributed by atoms with Crippen LogP contribution < -0.4 is 0 Å². The highest BCUT2D eigenvalue weighted by atomic mass is 16.6. The lowest BCUT2D eigenvalue weighted by Crippen LogP contribution is -2.51. The third kappa shape index (κ3) is 3.66. The summed E-state index contributed by atoms with van der Waals surface area (Å²) in [4.78, 5) is 15.4. The molecule has 0 radical (unpaired) electrons. The van der Waals surface area contributed by atoms with Gasteiger partial charge in [0, 0.05) is 19.6 Å². The Labute approximate surface area is 162 Å². The predicted molar refractivity (Wildman–Crippen MR) is 103 cm³/mol. The molecule has 4 saturated carbocycles. The van der Waals surface area contributed by atoms with Gasteiger partial charge in [-0.1, -0.05) is 30.3 Å². The number of benzene rings is 1. The molecule has 1 heterocycles. The van der Waals surface area contributed by atoms with Gasteiger partial charge in [0.1, 0.15) is 12.7 Å². The molecular formula is C23H31NO3. The van der Waals surface area contributed by atoms with E-state index in [1.165, 1.54) is 24.8 Å². The van der Waals surface area contributed by atoms with E-state index < -0.39 is 0 Å². The third-order valence-corrected chi connectivity index (χ3v) is 7.34. The number of rotatable bonds is 5. The summed E-state index contributed by atoms with van der Waals surface area (Å²) in [6.45, 7) is 3.83. The number of carbonyl (C=O) groups excluding carboxylic acids is 1. The lowest BCUT2D eigenvalue weighted by molar-refractivity contribution is -0.177. The van der Waals surface area contributed by atoms with Crippen molar-refractivity contribution in [1.82, 2.24) is 4.90 Å². The highest BCUT2D eigenvalue weighted by molar-refractivity contribution is 5.77. The lowest BCUT2D eigenvalue weighted by Gasteiger charge is -2.55. The molecule has 0 amide bonds. The van der Waals surface area contributed by atoms with Gasteiger partial charge in [-0.3, -0.25) is 9.69 Å². The Morgan fingerprint density at radius 3 is 2.41 bits per heavy atom. The van der Waals surface area contributed by atoms with Crippen LogP contribution in [0.5, 0.6) is 0 Å². The van der Waals surface area contributed by atoms with Crippen LogP contribution in [-0.4, -0.2) is 43.3 Å². The molecule has 4 nitrogen and oxygen atoms in total. The van der Waals surface area contributed by atoms with Crippen molar-refractivity contribution in [1.29, 1.82) is 0 Å². The molecule has 5 fully saturated rings. The van der Waals surface area contributed by atoms with Crippen molar-refractivity contribution in [2.45, 2.75) is 51.2 Å². The zero-order valence-electron chi connectivity index (χ0n) is 16.1. The Morgan fingerprint density at radius 1 is 1.07 bits per heavy atom. The van der Waals surface area contributed by atoms with E-state index in [2.05, 4.69) is 35.2 Å². The number of hydrogen-bond acceptors (Lipinski definition) is 4. The molecule has 1 atom stereocenters. The topological polar surface area (TPSA) is 38.8 Å². The van der Waals surface area contributed by atoms with Crippen molar-refractivity contribution in [3.63, 3.8) is 0 Å². The van der Waals surface area contributed by atoms with Crippen molar-refractivity contribution < 1.29 is 14.3 Å². The van der Waals surface area contributed by atoms with Crippen LogP contribution >= 0.6 is 0 Å². The van der Waals surface area contributed by atoms with Crippen LogP contribution in [0.3, 0.4) is 0 Å². The van der Waals surface area contributed by atoms with Crippen LogP contribution in [0.1, 0.15) is 44.1 Å². The van der Waals surface area contributed by atoms with Crippen LogP contribution in [0.15, 0.2) is 30.3 Å². The van der Waals surface area contributed by atoms with Crippen LogP contribution in [0.2, 0.25) is 0 Å². The summed E-state index contributed by atoms with van der Waals surface area (Å²) >= 11 is 0. The first-order valence-electron chi connectivity index (χ1n) is 10.7. The van der Waals surface area contributed by atoms with Crippen LogP contribution in [0, 0.1) is 23.2 Å². The predicted octanol–water partition coefficient (Wildman–Crippen LogP) is 3.65. The first-order valence-corrected chi connectivity index (χ1v) is 10.7. The SMILES string of the molecule is O=C(OCC1CN(Cc2ccccc2)CCO1)C12CC3CC(CC(C3)C1)C2. The van der Waals surface area contributed by atoms with Crippen molar-refractivity contribution in [3.05, 3.63) is 35.9 Å². The second-order valence-electron chi connectivity index (χ2n) is 9.51. The van der Waals surface area contributed by atoms with Gasteiger partial charge >= 0.3 is 5.97 Å². The summed E-state index contributed by atoms with van der Waals surface area (Å²) < 4.78 is 11.8. The standard InChI is InChI=1S/C23H31NO3/c25-22(23-11-18-8-19(12-23)10-20(9-18)13-23)27-16-21-15-24(6-7-26-21)14-17-4-2-1-3-5-17/h1-5,18-21H,6-16H2. The smallest absolute Gasteiger partial charge is 0.312 e. The molecule has 0 aromatic heterocycles. The van der Waals surface area contributed by atoms with Crippen molar-refractivity contribution in [2.24, 2.45) is 23.2 Å². The molecule has 4 bridgehead atoms. The molecule has 1 unspecified atom stereocenters. The van der Waals surface area contributed by atoms with Gasteiger partial charge < -0.3 is 9.47 Å². The van der Waals surface area contributed by atoms with Crippen molar-refractivity contribution >= 4 is 5.97 Å². The summed E-state index contributed by atoms with van der Waals surface area (Å²) in [5.41, 5.74) is 1.16. The molecule has 6 rings (SSSR count). The maximum atomic E-state index is 13.0. The Balaban J connectivity index is 1.15. The van der Waals surface area contributed by atoms with E-state index in [0.717, 1.165) is 56.7 Å². The molecule has 146 valence electrons. The molecule has 5 aliphatic rings. The zero-order chi connectivity index (χ0) is 18.3. The molecule has 1 aromatic carbocycles. The summed E-state index contributed by atoms with van der Waals surface area (Å²) in [5.74, 6) is 2.40. The second-order valence-corrected chi connectivity index (χ2v) is 9.51. The van der Waals surface area contributed by atoms with Crippen LogP contribution in [-0.2, 0) is 20.8 Å². The van der Waals surface area contributed by atoms with E-state index in [9.17, 15) is 4.79 Å². The quantitative estimate of drug-likeness (QED) is 0.743. The van der Waals surface area contributed by atoms with E-state index in [1.54, 1.807) is 0 Å².